The predicted octanol–water partition coefficient (Wildman–Crippen LogP) is 3.14. The number of nitrogens with zero attached hydrogens (tertiary/aromatic N) is 2. The van der Waals surface area contributed by atoms with Crippen molar-refractivity contribution in [2.24, 2.45) is 0 Å². The van der Waals surface area contributed by atoms with E-state index >= 15 is 0 Å². The number of imidazole rings is 1. The van der Waals surface area contributed by atoms with Gasteiger partial charge < -0.3 is 4.74 Å². The zero-order valence-corrected chi connectivity index (χ0v) is 12.6. The molecule has 0 spiro atoms. The van der Waals surface area contributed by atoms with Crippen LogP contribution in [-0.2, 0) is 4.74 Å². The molecule has 0 fully saturated rings. The number of ether oxygens (including phenoxy) is 1. The molecule has 2 heterocycles. The minimum atomic E-state index is -0.615. The molecule has 5 nitrogen and oxygen atoms in total. The first kappa shape index (κ1) is 15.0. The fourth-order valence-corrected chi connectivity index (χ4v) is 2.00. The van der Waals surface area contributed by atoms with E-state index in [1.165, 1.54) is 0 Å². The van der Waals surface area contributed by atoms with E-state index < -0.39 is 11.6 Å². The molecule has 2 rings (SSSR count). The van der Waals surface area contributed by atoms with Gasteiger partial charge in [0.25, 0.3) is 0 Å². The van der Waals surface area contributed by atoms with Crippen LogP contribution in [0.1, 0.15) is 54.2 Å². The fraction of sp³-hybridized carbons (Fsp3) is 0.312. The third kappa shape index (κ3) is 2.86. The Hall–Kier alpha value is -2.43. The maximum Gasteiger partial charge on any atom is 0.358 e. The van der Waals surface area contributed by atoms with Crippen LogP contribution >= 0.6 is 0 Å². The molecular formula is C16H18N2O3. The largest absolute Gasteiger partial charge is 0.455 e. The molecule has 21 heavy (non-hydrogen) atoms. The van der Waals surface area contributed by atoms with Crippen LogP contribution in [0.5, 0.6) is 0 Å². The first-order chi connectivity index (χ1) is 9.74. The maximum atomic E-state index is 12.4. The lowest BCUT2D eigenvalue weighted by Crippen LogP contribution is -2.25. The Balaban J connectivity index is 2.71. The summed E-state index contributed by atoms with van der Waals surface area (Å²) in [5, 5.41) is 0. The van der Waals surface area contributed by atoms with E-state index in [-0.39, 0.29) is 5.69 Å². The average Bonchev–Trinajstić information content (AvgIpc) is 2.75. The molecule has 0 bridgehead atoms. The molecule has 5 heteroatoms. The number of aldehydes is 1. The van der Waals surface area contributed by atoms with E-state index in [1.807, 2.05) is 0 Å². The average molecular weight is 286 g/mol. The molecule has 0 N–H and O–H groups in total. The Bertz CT molecular complexity index is 736. The summed E-state index contributed by atoms with van der Waals surface area (Å²) in [5.41, 5.74) is 1.59. The zero-order valence-electron chi connectivity index (χ0n) is 12.6. The summed E-state index contributed by atoms with van der Waals surface area (Å²) in [7, 11) is 0. The van der Waals surface area contributed by atoms with Gasteiger partial charge in [-0.05, 0) is 45.4 Å². The number of allylic oxidation sites excluding steroid dienone is 1. The smallest absolute Gasteiger partial charge is 0.358 e. The Kier molecular flexibility index (Phi) is 3.68. The van der Waals surface area contributed by atoms with Crippen molar-refractivity contribution >= 4 is 23.5 Å². The molecule has 0 amide bonds. The molecule has 0 atom stereocenters. The first-order valence-corrected chi connectivity index (χ1v) is 6.60. The van der Waals surface area contributed by atoms with Crippen molar-refractivity contribution in [3.8, 4) is 0 Å². The van der Waals surface area contributed by atoms with E-state index in [9.17, 15) is 9.59 Å². The molecule has 0 aliphatic rings. The maximum absolute atomic E-state index is 12.4. The number of carbonyl (C=O) groups is 2. The van der Waals surface area contributed by atoms with E-state index in [0.717, 1.165) is 0 Å². The molecule has 0 aliphatic carbocycles. The number of carbonyl (C=O) groups excluding carboxylic acids is 2. The van der Waals surface area contributed by atoms with E-state index in [0.29, 0.717) is 28.8 Å². The van der Waals surface area contributed by atoms with Gasteiger partial charge in [0.15, 0.2) is 12.0 Å². The summed E-state index contributed by atoms with van der Waals surface area (Å²) in [6.07, 6.45) is 2.39. The van der Waals surface area contributed by atoms with Gasteiger partial charge in [-0.2, -0.15) is 0 Å². The van der Waals surface area contributed by atoms with Gasteiger partial charge >= 0.3 is 5.97 Å². The van der Waals surface area contributed by atoms with E-state index in [1.54, 1.807) is 50.4 Å². The van der Waals surface area contributed by atoms with Crippen molar-refractivity contribution in [1.82, 2.24) is 9.38 Å². The number of hydrogen-bond donors (Lipinski definition) is 0. The predicted molar refractivity (Wildman–Crippen MR) is 80.5 cm³/mol. The second kappa shape index (κ2) is 5.16. The highest BCUT2D eigenvalue weighted by Gasteiger charge is 2.26. The van der Waals surface area contributed by atoms with Crippen molar-refractivity contribution in [2.45, 2.75) is 33.3 Å². The van der Waals surface area contributed by atoms with Gasteiger partial charge in [-0.15, -0.1) is 0 Å². The number of rotatable bonds is 3. The Morgan fingerprint density at radius 2 is 2.10 bits per heavy atom. The lowest BCUT2D eigenvalue weighted by Gasteiger charge is -2.19. The molecule has 0 aromatic carbocycles. The number of esters is 1. The second-order valence-corrected chi connectivity index (χ2v) is 5.87. The standard InChI is InChI=1S/C16H18N2O3/c1-10(2)12-13(15(20)21-16(3,4)5)18-8-6-7-11(9-19)14(18)17-12/h6-9H,1H2,2-5H3. The molecule has 2 aromatic rings. The molecule has 0 unspecified atom stereocenters. The third-order valence-corrected chi connectivity index (χ3v) is 2.80. The van der Waals surface area contributed by atoms with Gasteiger partial charge in [0.1, 0.15) is 11.2 Å². The van der Waals surface area contributed by atoms with Gasteiger partial charge in [-0.3, -0.25) is 9.20 Å². The number of hydrogen-bond acceptors (Lipinski definition) is 4. The quantitative estimate of drug-likeness (QED) is 0.642. The SMILES string of the molecule is C=C(C)c1nc2c(C=O)cccn2c1C(=O)OC(C)(C)C. The lowest BCUT2D eigenvalue weighted by molar-refractivity contribution is 0.00612. The molecule has 0 aliphatic heterocycles. The highest BCUT2D eigenvalue weighted by molar-refractivity contribution is 5.96. The van der Waals surface area contributed by atoms with Crippen molar-refractivity contribution in [3.63, 3.8) is 0 Å². The lowest BCUT2D eigenvalue weighted by atomic mass is 10.1. The van der Waals surface area contributed by atoms with Crippen molar-refractivity contribution in [2.75, 3.05) is 0 Å². The van der Waals surface area contributed by atoms with Crippen LogP contribution in [-0.4, -0.2) is 27.2 Å². The van der Waals surface area contributed by atoms with Crippen molar-refractivity contribution in [3.05, 3.63) is 41.9 Å². The summed E-state index contributed by atoms with van der Waals surface area (Å²) in [4.78, 5) is 27.9. The first-order valence-electron chi connectivity index (χ1n) is 6.60. The van der Waals surface area contributed by atoms with Crippen molar-refractivity contribution in [1.29, 1.82) is 0 Å². The Morgan fingerprint density at radius 3 is 2.62 bits per heavy atom. The Labute approximate surface area is 123 Å². The molecule has 0 radical (unpaired) electrons. The van der Waals surface area contributed by atoms with Gasteiger partial charge in [0.05, 0.1) is 11.3 Å². The number of aromatic nitrogens is 2. The monoisotopic (exact) mass is 286 g/mol. The van der Waals surface area contributed by atoms with Crippen LogP contribution in [0.15, 0.2) is 24.9 Å². The molecule has 2 aromatic heterocycles. The van der Waals surface area contributed by atoms with E-state index in [2.05, 4.69) is 11.6 Å². The highest BCUT2D eigenvalue weighted by atomic mass is 16.6. The summed E-state index contributed by atoms with van der Waals surface area (Å²) in [6, 6.07) is 3.34. The van der Waals surface area contributed by atoms with Gasteiger partial charge in [-0.25, -0.2) is 9.78 Å². The van der Waals surface area contributed by atoms with Gasteiger partial charge in [0.2, 0.25) is 0 Å². The van der Waals surface area contributed by atoms with Gasteiger partial charge in [0, 0.05) is 6.20 Å². The van der Waals surface area contributed by atoms with Crippen molar-refractivity contribution < 1.29 is 14.3 Å². The molecule has 0 saturated carbocycles. The van der Waals surface area contributed by atoms with Crippen LogP contribution in [0.4, 0.5) is 0 Å². The Morgan fingerprint density at radius 1 is 1.43 bits per heavy atom. The topological polar surface area (TPSA) is 60.7 Å². The number of pyridine rings is 1. The van der Waals surface area contributed by atoms with Crippen LogP contribution < -0.4 is 0 Å². The minimum Gasteiger partial charge on any atom is -0.455 e. The van der Waals surface area contributed by atoms with Gasteiger partial charge in [-0.1, -0.05) is 6.58 Å². The minimum absolute atomic E-state index is 0.288. The summed E-state index contributed by atoms with van der Waals surface area (Å²) >= 11 is 0. The summed E-state index contributed by atoms with van der Waals surface area (Å²) in [6.45, 7) is 11.0. The normalized spacial score (nSPS) is 11.4. The van der Waals surface area contributed by atoms with Crippen LogP contribution in [0.25, 0.3) is 11.2 Å². The molecule has 110 valence electrons. The zero-order chi connectivity index (χ0) is 15.8. The van der Waals surface area contributed by atoms with Crippen LogP contribution in [0.3, 0.4) is 0 Å². The fourth-order valence-electron chi connectivity index (χ4n) is 2.00. The van der Waals surface area contributed by atoms with Crippen LogP contribution in [0, 0.1) is 0 Å². The third-order valence-electron chi connectivity index (χ3n) is 2.80. The second-order valence-electron chi connectivity index (χ2n) is 5.87. The highest BCUT2D eigenvalue weighted by Crippen LogP contribution is 2.23. The number of fused-ring (bicyclic) bond motifs is 1. The van der Waals surface area contributed by atoms with Crippen LogP contribution in [0.2, 0.25) is 0 Å². The van der Waals surface area contributed by atoms with E-state index in [4.69, 9.17) is 4.74 Å². The molecule has 0 saturated heterocycles. The summed E-state index contributed by atoms with van der Waals surface area (Å²) in [5.74, 6) is -0.490. The summed E-state index contributed by atoms with van der Waals surface area (Å²) < 4.78 is 7.00. The molecular weight excluding hydrogens is 268 g/mol.